The summed E-state index contributed by atoms with van der Waals surface area (Å²) in [5.41, 5.74) is -0.306. The molecule has 128 valence electrons. The van der Waals surface area contributed by atoms with Gasteiger partial charge >= 0.3 is 6.09 Å². The number of nitrogens with one attached hydrogen (secondary N) is 1. The van der Waals surface area contributed by atoms with E-state index < -0.39 is 35.5 Å². The Balaban J connectivity index is 1.90. The number of aliphatic hydroxyl groups excluding tert-OH is 1. The first-order chi connectivity index (χ1) is 10.7. The first-order valence-electron chi connectivity index (χ1n) is 7.49. The maximum atomic E-state index is 13.6. The average molecular weight is 328 g/mol. The van der Waals surface area contributed by atoms with Crippen molar-refractivity contribution >= 4 is 6.09 Å². The molecule has 7 heteroatoms. The lowest BCUT2D eigenvalue weighted by Gasteiger charge is -2.24. The Morgan fingerprint density at radius 1 is 1.39 bits per heavy atom. The van der Waals surface area contributed by atoms with Gasteiger partial charge in [-0.05, 0) is 26.8 Å². The Morgan fingerprint density at radius 2 is 2.09 bits per heavy atom. The zero-order valence-corrected chi connectivity index (χ0v) is 13.5. The second-order valence-corrected chi connectivity index (χ2v) is 6.68. The van der Waals surface area contributed by atoms with Crippen LogP contribution >= 0.6 is 0 Å². The van der Waals surface area contributed by atoms with Crippen molar-refractivity contribution < 1.29 is 23.4 Å². The summed E-state index contributed by atoms with van der Waals surface area (Å²) in [5, 5.41) is 13.0. The molecule has 1 saturated heterocycles. The molecule has 23 heavy (non-hydrogen) atoms. The molecule has 2 N–H and O–H groups in total. The Labute approximate surface area is 134 Å². The summed E-state index contributed by atoms with van der Waals surface area (Å²) < 4.78 is 31.7. The third-order valence-electron chi connectivity index (χ3n) is 3.51. The van der Waals surface area contributed by atoms with Gasteiger partial charge in [0.25, 0.3) is 0 Å². The van der Waals surface area contributed by atoms with E-state index in [1.165, 1.54) is 17.0 Å². The van der Waals surface area contributed by atoms with Gasteiger partial charge in [-0.15, -0.1) is 0 Å². The summed E-state index contributed by atoms with van der Waals surface area (Å²) >= 11 is 0. The molecule has 0 unspecified atom stereocenters. The first kappa shape index (κ1) is 17.6. The van der Waals surface area contributed by atoms with Gasteiger partial charge < -0.3 is 20.1 Å². The van der Waals surface area contributed by atoms with Crippen LogP contribution in [0.3, 0.4) is 0 Å². The number of β-amino-alcohol motifs (C(OH)–C–C–N with tert-alkyl or cyclic N) is 1. The van der Waals surface area contributed by atoms with Gasteiger partial charge in [-0.2, -0.15) is 0 Å². The minimum Gasteiger partial charge on any atom is -0.444 e. The number of ether oxygens (including phenoxy) is 1. The molecule has 0 saturated carbocycles. The van der Waals surface area contributed by atoms with Crippen molar-refractivity contribution in [3.63, 3.8) is 0 Å². The zero-order chi connectivity index (χ0) is 17.2. The van der Waals surface area contributed by atoms with E-state index in [2.05, 4.69) is 5.32 Å². The predicted molar refractivity (Wildman–Crippen MR) is 80.8 cm³/mol. The van der Waals surface area contributed by atoms with Crippen molar-refractivity contribution in [1.82, 2.24) is 10.2 Å². The molecule has 1 aliphatic rings. The number of aliphatic hydroxyl groups is 1. The highest BCUT2D eigenvalue weighted by molar-refractivity contribution is 5.68. The molecule has 1 fully saturated rings. The summed E-state index contributed by atoms with van der Waals surface area (Å²) in [6, 6.07) is 2.95. The van der Waals surface area contributed by atoms with Gasteiger partial charge in [-0.25, -0.2) is 13.6 Å². The molecule has 0 aliphatic carbocycles. The van der Waals surface area contributed by atoms with E-state index in [0.717, 1.165) is 6.07 Å². The van der Waals surface area contributed by atoms with Gasteiger partial charge in [-0.3, -0.25) is 0 Å². The molecule has 0 aromatic heterocycles. The van der Waals surface area contributed by atoms with Crippen molar-refractivity contribution in [2.45, 2.75) is 45.1 Å². The standard InChI is InChI=1S/C16H22F2N2O3/c1-16(2,3)23-15(22)20-8-13(14(21)9-20)19-7-10-4-5-11(17)6-12(10)18/h4-6,13-14,19,21H,7-9H2,1-3H3/t13-,14-/m1/s1. The van der Waals surface area contributed by atoms with Crippen LogP contribution in [0.15, 0.2) is 18.2 Å². The Kier molecular flexibility index (Phi) is 5.21. The van der Waals surface area contributed by atoms with E-state index in [4.69, 9.17) is 4.74 Å². The molecule has 1 amide bonds. The molecular formula is C16H22F2N2O3. The molecule has 1 heterocycles. The van der Waals surface area contributed by atoms with Gasteiger partial charge in [-0.1, -0.05) is 6.07 Å². The smallest absolute Gasteiger partial charge is 0.410 e. The quantitative estimate of drug-likeness (QED) is 0.891. The summed E-state index contributed by atoms with van der Waals surface area (Å²) in [5.74, 6) is -1.28. The number of amides is 1. The molecule has 0 radical (unpaired) electrons. The van der Waals surface area contributed by atoms with E-state index in [9.17, 15) is 18.7 Å². The number of likely N-dealkylation sites (tertiary alicyclic amines) is 1. The fourth-order valence-corrected chi connectivity index (χ4v) is 2.37. The fourth-order valence-electron chi connectivity index (χ4n) is 2.37. The zero-order valence-electron chi connectivity index (χ0n) is 13.5. The van der Waals surface area contributed by atoms with Gasteiger partial charge in [0.2, 0.25) is 0 Å². The van der Waals surface area contributed by atoms with Crippen LogP contribution in [0.2, 0.25) is 0 Å². The van der Waals surface area contributed by atoms with Crippen LogP contribution in [-0.2, 0) is 11.3 Å². The third-order valence-corrected chi connectivity index (χ3v) is 3.51. The van der Waals surface area contributed by atoms with Crippen LogP contribution in [0.25, 0.3) is 0 Å². The maximum Gasteiger partial charge on any atom is 0.410 e. The molecule has 0 bridgehead atoms. The van der Waals surface area contributed by atoms with E-state index in [0.29, 0.717) is 5.56 Å². The van der Waals surface area contributed by atoms with Crippen molar-refractivity contribution in [2.75, 3.05) is 13.1 Å². The molecule has 1 aliphatic heterocycles. The maximum absolute atomic E-state index is 13.6. The van der Waals surface area contributed by atoms with E-state index in [-0.39, 0.29) is 19.6 Å². The van der Waals surface area contributed by atoms with E-state index >= 15 is 0 Å². The van der Waals surface area contributed by atoms with Crippen LogP contribution < -0.4 is 5.32 Å². The Bertz CT molecular complexity index is 575. The highest BCUT2D eigenvalue weighted by Gasteiger charge is 2.35. The third kappa shape index (κ3) is 4.87. The van der Waals surface area contributed by atoms with Crippen LogP contribution in [0.5, 0.6) is 0 Å². The summed E-state index contributed by atoms with van der Waals surface area (Å²) in [7, 11) is 0. The molecule has 2 atom stereocenters. The van der Waals surface area contributed by atoms with Crippen molar-refractivity contribution in [3.05, 3.63) is 35.4 Å². The monoisotopic (exact) mass is 328 g/mol. The largest absolute Gasteiger partial charge is 0.444 e. The number of hydrogen-bond acceptors (Lipinski definition) is 4. The molecule has 2 rings (SSSR count). The number of halogens is 2. The van der Waals surface area contributed by atoms with Crippen molar-refractivity contribution in [2.24, 2.45) is 0 Å². The molecule has 5 nitrogen and oxygen atoms in total. The second kappa shape index (κ2) is 6.80. The lowest BCUT2D eigenvalue weighted by Crippen LogP contribution is -2.39. The number of nitrogens with zero attached hydrogens (tertiary/aromatic N) is 1. The van der Waals surface area contributed by atoms with Crippen LogP contribution in [0.4, 0.5) is 13.6 Å². The highest BCUT2D eigenvalue weighted by atomic mass is 19.1. The second-order valence-electron chi connectivity index (χ2n) is 6.68. The number of hydrogen-bond donors (Lipinski definition) is 2. The van der Waals surface area contributed by atoms with Crippen LogP contribution in [0.1, 0.15) is 26.3 Å². The van der Waals surface area contributed by atoms with Gasteiger partial charge in [0.1, 0.15) is 17.2 Å². The van der Waals surface area contributed by atoms with E-state index in [1.54, 1.807) is 20.8 Å². The Hall–Kier alpha value is -1.73. The number of rotatable bonds is 3. The summed E-state index contributed by atoms with van der Waals surface area (Å²) in [4.78, 5) is 13.4. The predicted octanol–water partition coefficient (Wildman–Crippen LogP) is 2.03. The Morgan fingerprint density at radius 3 is 2.70 bits per heavy atom. The molecular weight excluding hydrogens is 306 g/mol. The normalized spacial score (nSPS) is 21.6. The van der Waals surface area contributed by atoms with Crippen LogP contribution in [-0.4, -0.2) is 46.9 Å². The van der Waals surface area contributed by atoms with E-state index in [1.807, 2.05) is 0 Å². The minimum atomic E-state index is -0.772. The first-order valence-corrected chi connectivity index (χ1v) is 7.49. The number of benzene rings is 1. The SMILES string of the molecule is CC(C)(C)OC(=O)N1C[C@@H](O)[C@H](NCc2ccc(F)cc2F)C1. The molecule has 0 spiro atoms. The minimum absolute atomic E-state index is 0.135. The summed E-state index contributed by atoms with van der Waals surface area (Å²) in [6.07, 6.45) is -1.26. The number of carbonyl (C=O) groups is 1. The average Bonchev–Trinajstić information content (AvgIpc) is 2.77. The highest BCUT2D eigenvalue weighted by Crippen LogP contribution is 2.17. The molecule has 1 aromatic carbocycles. The lowest BCUT2D eigenvalue weighted by atomic mass is 10.1. The number of carbonyl (C=O) groups excluding carboxylic acids is 1. The van der Waals surface area contributed by atoms with Crippen molar-refractivity contribution in [1.29, 1.82) is 0 Å². The summed E-state index contributed by atoms with van der Waals surface area (Å²) in [6.45, 7) is 5.85. The van der Waals surface area contributed by atoms with Crippen LogP contribution in [0, 0.1) is 11.6 Å². The fraction of sp³-hybridized carbons (Fsp3) is 0.562. The van der Waals surface area contributed by atoms with Gasteiger partial charge in [0, 0.05) is 24.7 Å². The molecule has 1 aromatic rings. The van der Waals surface area contributed by atoms with Crippen molar-refractivity contribution in [3.8, 4) is 0 Å². The topological polar surface area (TPSA) is 61.8 Å². The van der Waals surface area contributed by atoms with Gasteiger partial charge in [0.05, 0.1) is 18.7 Å². The lowest BCUT2D eigenvalue weighted by molar-refractivity contribution is 0.0270. The van der Waals surface area contributed by atoms with Gasteiger partial charge in [0.15, 0.2) is 0 Å².